The zero-order valence-electron chi connectivity index (χ0n) is 11.4. The number of anilines is 1. The molecule has 2 N–H and O–H groups in total. The van der Waals surface area contributed by atoms with Crippen LogP contribution in [0.4, 0.5) is 5.69 Å². The molecule has 0 fully saturated rings. The maximum Gasteiger partial charge on any atom is 0.137 e. The Kier molecular flexibility index (Phi) is 5.13. The highest BCUT2D eigenvalue weighted by Gasteiger charge is 2.03. The minimum Gasteiger partial charge on any atom is -0.493 e. The topological polar surface area (TPSA) is 44.5 Å². The van der Waals surface area contributed by atoms with Gasteiger partial charge in [0, 0.05) is 17.7 Å². The number of hydrogen-bond acceptors (Lipinski definition) is 3. The van der Waals surface area contributed by atoms with Crippen molar-refractivity contribution in [2.75, 3.05) is 18.9 Å². The van der Waals surface area contributed by atoms with Crippen LogP contribution in [0.1, 0.15) is 12.0 Å². The van der Waals surface area contributed by atoms with Gasteiger partial charge in [-0.1, -0.05) is 29.8 Å². The van der Waals surface area contributed by atoms with E-state index in [9.17, 15) is 0 Å². The third-order valence-corrected chi connectivity index (χ3v) is 3.28. The van der Waals surface area contributed by atoms with Crippen LogP contribution in [0.2, 0.25) is 5.02 Å². The second-order valence-electron chi connectivity index (χ2n) is 4.45. The molecule has 0 amide bonds. The molecular formula is C16H18ClNO2. The monoisotopic (exact) mass is 291 g/mol. The van der Waals surface area contributed by atoms with Crippen LogP contribution in [-0.2, 0) is 0 Å². The van der Waals surface area contributed by atoms with Gasteiger partial charge in [-0.05, 0) is 31.2 Å². The first-order valence-electron chi connectivity index (χ1n) is 6.53. The molecule has 0 aliphatic heterocycles. The van der Waals surface area contributed by atoms with Crippen molar-refractivity contribution in [2.24, 2.45) is 0 Å². The van der Waals surface area contributed by atoms with Crippen LogP contribution in [0.5, 0.6) is 11.5 Å². The summed E-state index contributed by atoms with van der Waals surface area (Å²) in [6.07, 6.45) is 0.777. The van der Waals surface area contributed by atoms with E-state index in [1.165, 1.54) is 0 Å². The lowest BCUT2D eigenvalue weighted by molar-refractivity contribution is 0.247. The van der Waals surface area contributed by atoms with E-state index in [0.717, 1.165) is 23.4 Å². The molecule has 0 aliphatic carbocycles. The first-order chi connectivity index (χ1) is 9.68. The lowest BCUT2D eigenvalue weighted by Gasteiger charge is -2.11. The Morgan fingerprint density at radius 3 is 2.35 bits per heavy atom. The predicted molar refractivity (Wildman–Crippen MR) is 82.7 cm³/mol. The van der Waals surface area contributed by atoms with E-state index in [1.54, 1.807) is 0 Å². The van der Waals surface area contributed by atoms with Gasteiger partial charge in [-0.3, -0.25) is 0 Å². The lowest BCUT2D eigenvalue weighted by Crippen LogP contribution is -2.06. The Labute approximate surface area is 124 Å². The van der Waals surface area contributed by atoms with E-state index in [2.05, 4.69) is 0 Å². The van der Waals surface area contributed by atoms with Gasteiger partial charge in [0.1, 0.15) is 11.5 Å². The van der Waals surface area contributed by atoms with Crippen molar-refractivity contribution in [1.82, 2.24) is 0 Å². The van der Waals surface area contributed by atoms with Crippen molar-refractivity contribution in [3.63, 3.8) is 0 Å². The molecule has 0 radical (unpaired) electrons. The Bertz CT molecular complexity index is 572. The van der Waals surface area contributed by atoms with E-state index in [0.29, 0.717) is 24.0 Å². The van der Waals surface area contributed by atoms with Crippen LogP contribution in [0.3, 0.4) is 0 Å². The van der Waals surface area contributed by atoms with Gasteiger partial charge in [0.05, 0.1) is 18.2 Å². The molecule has 0 aromatic heterocycles. The van der Waals surface area contributed by atoms with Gasteiger partial charge in [0.2, 0.25) is 0 Å². The van der Waals surface area contributed by atoms with Crippen molar-refractivity contribution >= 4 is 17.3 Å². The highest BCUT2D eigenvalue weighted by molar-refractivity contribution is 6.32. The maximum absolute atomic E-state index is 6.00. The second kappa shape index (κ2) is 7.06. The van der Waals surface area contributed by atoms with Crippen molar-refractivity contribution in [2.45, 2.75) is 13.3 Å². The van der Waals surface area contributed by atoms with Crippen molar-refractivity contribution < 1.29 is 9.47 Å². The summed E-state index contributed by atoms with van der Waals surface area (Å²) in [6, 6.07) is 13.1. The minimum absolute atomic E-state index is 0.561. The molecule has 0 heterocycles. The molecule has 106 valence electrons. The lowest BCUT2D eigenvalue weighted by atomic mass is 10.2. The number of nitrogen functional groups attached to an aromatic ring is 1. The van der Waals surface area contributed by atoms with Crippen LogP contribution in [0, 0.1) is 6.92 Å². The van der Waals surface area contributed by atoms with Crippen molar-refractivity contribution in [1.29, 1.82) is 0 Å². The van der Waals surface area contributed by atoms with Crippen molar-refractivity contribution in [3.05, 3.63) is 53.1 Å². The van der Waals surface area contributed by atoms with Gasteiger partial charge >= 0.3 is 0 Å². The number of rotatable bonds is 6. The van der Waals surface area contributed by atoms with Crippen LogP contribution in [0.25, 0.3) is 0 Å². The van der Waals surface area contributed by atoms with Gasteiger partial charge in [-0.25, -0.2) is 0 Å². The smallest absolute Gasteiger partial charge is 0.137 e. The predicted octanol–water partition coefficient (Wildman–Crippen LogP) is 4.08. The standard InChI is InChI=1S/C16H18ClNO2/c1-12-14(18)7-4-9-15(12)19-10-5-11-20-16-8-3-2-6-13(16)17/h2-4,6-9H,5,10-11,18H2,1H3. The molecule has 0 spiro atoms. The fourth-order valence-corrected chi connectivity index (χ4v) is 1.96. The molecule has 3 nitrogen and oxygen atoms in total. The summed E-state index contributed by atoms with van der Waals surface area (Å²) < 4.78 is 11.3. The minimum atomic E-state index is 0.561. The Hall–Kier alpha value is -1.87. The normalized spacial score (nSPS) is 10.3. The Morgan fingerprint density at radius 1 is 0.950 bits per heavy atom. The summed E-state index contributed by atoms with van der Waals surface area (Å²) in [6.45, 7) is 3.09. The third-order valence-electron chi connectivity index (χ3n) is 2.97. The first-order valence-corrected chi connectivity index (χ1v) is 6.91. The molecule has 0 bridgehead atoms. The van der Waals surface area contributed by atoms with E-state index in [4.69, 9.17) is 26.8 Å². The number of para-hydroxylation sites is 1. The quantitative estimate of drug-likeness (QED) is 0.644. The number of benzene rings is 2. The van der Waals surface area contributed by atoms with Crippen LogP contribution >= 0.6 is 11.6 Å². The van der Waals surface area contributed by atoms with Crippen molar-refractivity contribution in [3.8, 4) is 11.5 Å². The maximum atomic E-state index is 6.00. The SMILES string of the molecule is Cc1c(N)cccc1OCCCOc1ccccc1Cl. The Morgan fingerprint density at radius 2 is 1.60 bits per heavy atom. The molecule has 2 aromatic carbocycles. The summed E-state index contributed by atoms with van der Waals surface area (Å²) in [5.74, 6) is 1.53. The number of ether oxygens (including phenoxy) is 2. The number of nitrogens with two attached hydrogens (primary N) is 1. The summed E-state index contributed by atoms with van der Waals surface area (Å²) in [4.78, 5) is 0. The summed E-state index contributed by atoms with van der Waals surface area (Å²) in [5, 5.41) is 0.625. The summed E-state index contributed by atoms with van der Waals surface area (Å²) >= 11 is 6.00. The fraction of sp³-hybridized carbons (Fsp3) is 0.250. The third kappa shape index (κ3) is 3.81. The molecule has 0 unspecified atom stereocenters. The number of hydrogen-bond donors (Lipinski definition) is 1. The average Bonchev–Trinajstić information content (AvgIpc) is 2.45. The van der Waals surface area contributed by atoms with Gasteiger partial charge in [-0.2, -0.15) is 0 Å². The molecular weight excluding hydrogens is 274 g/mol. The van der Waals surface area contributed by atoms with Crippen LogP contribution in [-0.4, -0.2) is 13.2 Å². The van der Waals surface area contributed by atoms with Gasteiger partial charge in [-0.15, -0.1) is 0 Å². The zero-order valence-corrected chi connectivity index (χ0v) is 12.2. The molecule has 4 heteroatoms. The first kappa shape index (κ1) is 14.5. The molecule has 2 aromatic rings. The summed E-state index contributed by atoms with van der Waals surface area (Å²) in [7, 11) is 0. The molecule has 0 saturated carbocycles. The molecule has 0 saturated heterocycles. The highest BCUT2D eigenvalue weighted by atomic mass is 35.5. The van der Waals surface area contributed by atoms with Crippen LogP contribution < -0.4 is 15.2 Å². The van der Waals surface area contributed by atoms with E-state index in [-0.39, 0.29) is 0 Å². The van der Waals surface area contributed by atoms with Crippen LogP contribution in [0.15, 0.2) is 42.5 Å². The largest absolute Gasteiger partial charge is 0.493 e. The van der Waals surface area contributed by atoms with E-state index in [1.807, 2.05) is 49.4 Å². The summed E-state index contributed by atoms with van der Waals surface area (Å²) in [5.41, 5.74) is 7.54. The van der Waals surface area contributed by atoms with Gasteiger partial charge in [0.15, 0.2) is 0 Å². The van der Waals surface area contributed by atoms with E-state index < -0.39 is 0 Å². The van der Waals surface area contributed by atoms with E-state index >= 15 is 0 Å². The second-order valence-corrected chi connectivity index (χ2v) is 4.86. The Balaban J connectivity index is 1.75. The highest BCUT2D eigenvalue weighted by Crippen LogP contribution is 2.24. The molecule has 0 aliphatic rings. The van der Waals surface area contributed by atoms with Gasteiger partial charge in [0.25, 0.3) is 0 Å². The zero-order chi connectivity index (χ0) is 14.4. The fourth-order valence-electron chi connectivity index (χ4n) is 1.77. The molecule has 2 rings (SSSR count). The number of halogens is 1. The molecule has 20 heavy (non-hydrogen) atoms. The average molecular weight is 292 g/mol. The molecule has 0 atom stereocenters. The van der Waals surface area contributed by atoms with Gasteiger partial charge < -0.3 is 15.2 Å².